The molecule has 0 spiro atoms. The third-order valence-electron chi connectivity index (χ3n) is 3.07. The molecule has 0 aliphatic heterocycles. The largest absolute Gasteiger partial charge is 0.506 e. The number of nitrogens with one attached hydrogen (secondary N) is 1. The van der Waals surface area contributed by atoms with E-state index >= 15 is 0 Å². The number of phenols is 1. The maximum atomic E-state index is 9.38. The number of phenolic OH excluding ortho intramolecular Hbond substituents is 1. The van der Waals surface area contributed by atoms with Crippen molar-refractivity contribution in [3.05, 3.63) is 62.6 Å². The molecular formula is C15H14Cl3NO. The highest BCUT2D eigenvalue weighted by Crippen LogP contribution is 2.26. The summed E-state index contributed by atoms with van der Waals surface area (Å²) in [7, 11) is 0. The maximum absolute atomic E-state index is 9.38. The van der Waals surface area contributed by atoms with Crippen molar-refractivity contribution in [1.29, 1.82) is 0 Å². The Bertz CT molecular complexity index is 616. The van der Waals surface area contributed by atoms with Crippen molar-refractivity contribution in [2.24, 2.45) is 0 Å². The summed E-state index contributed by atoms with van der Waals surface area (Å²) in [5.41, 5.74) is 2.06. The molecule has 0 aliphatic rings. The number of rotatable bonds is 4. The number of halogens is 3. The minimum Gasteiger partial charge on any atom is -0.506 e. The van der Waals surface area contributed by atoms with Crippen molar-refractivity contribution in [2.75, 3.05) is 0 Å². The van der Waals surface area contributed by atoms with Gasteiger partial charge in [-0.15, -0.1) is 0 Å². The molecule has 0 heterocycles. The number of aromatic hydroxyl groups is 1. The Morgan fingerprint density at radius 2 is 1.75 bits per heavy atom. The topological polar surface area (TPSA) is 32.3 Å². The van der Waals surface area contributed by atoms with E-state index in [4.69, 9.17) is 34.8 Å². The van der Waals surface area contributed by atoms with Gasteiger partial charge < -0.3 is 10.4 Å². The summed E-state index contributed by atoms with van der Waals surface area (Å²) in [6, 6.07) is 10.9. The SMILES string of the molecule is CC(NCc1ccc(O)c(Cl)c1)c1ccc(Cl)c(Cl)c1. The van der Waals surface area contributed by atoms with E-state index in [1.165, 1.54) is 0 Å². The van der Waals surface area contributed by atoms with E-state index in [9.17, 15) is 5.11 Å². The van der Waals surface area contributed by atoms with Crippen LogP contribution in [0.2, 0.25) is 15.1 Å². The van der Waals surface area contributed by atoms with Gasteiger partial charge in [-0.2, -0.15) is 0 Å². The molecule has 2 aromatic carbocycles. The van der Waals surface area contributed by atoms with E-state index in [0.29, 0.717) is 21.6 Å². The lowest BCUT2D eigenvalue weighted by atomic mass is 10.1. The summed E-state index contributed by atoms with van der Waals surface area (Å²) < 4.78 is 0. The zero-order chi connectivity index (χ0) is 14.7. The van der Waals surface area contributed by atoms with E-state index in [2.05, 4.69) is 5.32 Å². The first kappa shape index (κ1) is 15.5. The molecule has 2 rings (SSSR count). The Morgan fingerprint density at radius 3 is 2.40 bits per heavy atom. The minimum absolute atomic E-state index is 0.0907. The molecule has 0 amide bonds. The molecule has 0 bridgehead atoms. The summed E-state index contributed by atoms with van der Waals surface area (Å²) in [4.78, 5) is 0. The van der Waals surface area contributed by atoms with Crippen LogP contribution in [0.25, 0.3) is 0 Å². The molecule has 0 aromatic heterocycles. The van der Waals surface area contributed by atoms with Crippen molar-refractivity contribution in [1.82, 2.24) is 5.32 Å². The van der Waals surface area contributed by atoms with Crippen LogP contribution in [0.5, 0.6) is 5.75 Å². The van der Waals surface area contributed by atoms with Gasteiger partial charge >= 0.3 is 0 Å². The molecule has 2 aromatic rings. The second-order valence-corrected chi connectivity index (χ2v) is 5.78. The Morgan fingerprint density at radius 1 is 1.00 bits per heavy atom. The normalized spacial score (nSPS) is 12.4. The second kappa shape index (κ2) is 6.68. The predicted octanol–water partition coefficient (Wildman–Crippen LogP) is 5.20. The standard InChI is InChI=1S/C15H14Cl3NO/c1-9(11-3-4-12(16)13(17)7-11)19-8-10-2-5-15(20)14(18)6-10/h2-7,9,19-20H,8H2,1H3. The van der Waals surface area contributed by atoms with Crippen molar-refractivity contribution < 1.29 is 5.11 Å². The van der Waals surface area contributed by atoms with Crippen LogP contribution in [0.4, 0.5) is 0 Å². The molecule has 1 atom stereocenters. The molecule has 106 valence electrons. The summed E-state index contributed by atoms with van der Waals surface area (Å²) in [6.45, 7) is 2.68. The van der Waals surface area contributed by atoms with Crippen LogP contribution in [0.1, 0.15) is 24.1 Å². The average Bonchev–Trinajstić information content (AvgIpc) is 2.43. The zero-order valence-corrected chi connectivity index (χ0v) is 13.1. The van der Waals surface area contributed by atoms with Gasteiger partial charge in [-0.3, -0.25) is 0 Å². The molecule has 20 heavy (non-hydrogen) atoms. The molecule has 1 unspecified atom stereocenters. The second-order valence-electron chi connectivity index (χ2n) is 4.56. The van der Waals surface area contributed by atoms with Gasteiger partial charge in [0, 0.05) is 12.6 Å². The van der Waals surface area contributed by atoms with Crippen molar-refractivity contribution >= 4 is 34.8 Å². The van der Waals surface area contributed by atoms with Gasteiger partial charge in [0.15, 0.2) is 0 Å². The monoisotopic (exact) mass is 329 g/mol. The lowest BCUT2D eigenvalue weighted by Crippen LogP contribution is -2.18. The molecule has 2 nitrogen and oxygen atoms in total. The molecule has 0 saturated heterocycles. The number of benzene rings is 2. The van der Waals surface area contributed by atoms with E-state index in [1.54, 1.807) is 18.2 Å². The zero-order valence-electron chi connectivity index (χ0n) is 10.8. The molecular weight excluding hydrogens is 317 g/mol. The Labute approximate surface area is 133 Å². The summed E-state index contributed by atoms with van der Waals surface area (Å²) in [5, 5.41) is 14.2. The Hall–Kier alpha value is -0.930. The average molecular weight is 331 g/mol. The Kier molecular flexibility index (Phi) is 5.17. The molecule has 2 N–H and O–H groups in total. The first-order chi connectivity index (χ1) is 9.47. The maximum Gasteiger partial charge on any atom is 0.134 e. The van der Waals surface area contributed by atoms with Crippen LogP contribution in [0.15, 0.2) is 36.4 Å². The summed E-state index contributed by atoms with van der Waals surface area (Å²) in [6.07, 6.45) is 0. The lowest BCUT2D eigenvalue weighted by molar-refractivity contribution is 0.475. The van der Waals surface area contributed by atoms with Gasteiger partial charge in [-0.05, 0) is 42.3 Å². The van der Waals surface area contributed by atoms with E-state index in [0.717, 1.165) is 11.1 Å². The highest BCUT2D eigenvalue weighted by atomic mass is 35.5. The summed E-state index contributed by atoms with van der Waals surface area (Å²) >= 11 is 17.8. The van der Waals surface area contributed by atoms with Gasteiger partial charge in [-0.25, -0.2) is 0 Å². The van der Waals surface area contributed by atoms with Gasteiger partial charge in [0.2, 0.25) is 0 Å². The van der Waals surface area contributed by atoms with Crippen molar-refractivity contribution in [3.8, 4) is 5.75 Å². The third-order valence-corrected chi connectivity index (χ3v) is 4.11. The van der Waals surface area contributed by atoms with Crippen LogP contribution in [0, 0.1) is 0 Å². The van der Waals surface area contributed by atoms with Crippen LogP contribution in [-0.2, 0) is 6.54 Å². The molecule has 5 heteroatoms. The molecule has 0 fully saturated rings. The van der Waals surface area contributed by atoms with Crippen LogP contribution in [0.3, 0.4) is 0 Å². The highest BCUT2D eigenvalue weighted by molar-refractivity contribution is 6.42. The molecule has 0 saturated carbocycles. The van der Waals surface area contributed by atoms with Gasteiger partial charge in [0.05, 0.1) is 15.1 Å². The third kappa shape index (κ3) is 3.80. The summed E-state index contributed by atoms with van der Waals surface area (Å²) in [5.74, 6) is 0.0907. The van der Waals surface area contributed by atoms with E-state index in [-0.39, 0.29) is 11.8 Å². The van der Waals surface area contributed by atoms with Gasteiger partial charge in [0.25, 0.3) is 0 Å². The molecule has 0 aliphatic carbocycles. The fourth-order valence-corrected chi connectivity index (χ4v) is 2.34. The van der Waals surface area contributed by atoms with E-state index in [1.807, 2.05) is 25.1 Å². The lowest BCUT2D eigenvalue weighted by Gasteiger charge is -2.15. The van der Waals surface area contributed by atoms with E-state index < -0.39 is 0 Å². The number of hydrogen-bond donors (Lipinski definition) is 2. The predicted molar refractivity (Wildman–Crippen MR) is 84.8 cm³/mol. The molecule has 0 radical (unpaired) electrons. The van der Waals surface area contributed by atoms with Gasteiger partial charge in [-0.1, -0.05) is 46.9 Å². The highest BCUT2D eigenvalue weighted by Gasteiger charge is 2.08. The van der Waals surface area contributed by atoms with Crippen LogP contribution < -0.4 is 5.32 Å². The fraction of sp³-hybridized carbons (Fsp3) is 0.200. The smallest absolute Gasteiger partial charge is 0.134 e. The number of hydrogen-bond acceptors (Lipinski definition) is 2. The van der Waals surface area contributed by atoms with Crippen LogP contribution in [-0.4, -0.2) is 5.11 Å². The first-order valence-corrected chi connectivity index (χ1v) is 7.26. The quantitative estimate of drug-likeness (QED) is 0.807. The minimum atomic E-state index is 0.0907. The Balaban J connectivity index is 2.02. The van der Waals surface area contributed by atoms with Gasteiger partial charge in [0.1, 0.15) is 5.75 Å². The van der Waals surface area contributed by atoms with Crippen molar-refractivity contribution in [2.45, 2.75) is 19.5 Å². The fourth-order valence-electron chi connectivity index (χ4n) is 1.83. The van der Waals surface area contributed by atoms with Crippen LogP contribution >= 0.6 is 34.8 Å². The van der Waals surface area contributed by atoms with Crippen molar-refractivity contribution in [3.63, 3.8) is 0 Å². The first-order valence-electron chi connectivity index (χ1n) is 6.13.